The molecule has 0 heterocycles. The monoisotopic (exact) mass is 505 g/mol. The third kappa shape index (κ3) is 8.65. The molecule has 9 heteroatoms. The van der Waals surface area contributed by atoms with Crippen molar-refractivity contribution in [3.05, 3.63) is 65.5 Å². The number of benzene rings is 2. The van der Waals surface area contributed by atoms with E-state index in [1.807, 2.05) is 39.8 Å². The lowest BCUT2D eigenvalue weighted by Crippen LogP contribution is -2.50. The molecule has 0 aromatic heterocycles. The first-order valence-corrected chi connectivity index (χ1v) is 13.7. The van der Waals surface area contributed by atoms with Crippen LogP contribution in [0.3, 0.4) is 0 Å². The molecule has 1 atom stereocenters. The fourth-order valence-electron chi connectivity index (χ4n) is 3.80. The fraction of sp³-hybridized carbons (Fsp3) is 0.462. The number of rotatable bonds is 12. The summed E-state index contributed by atoms with van der Waals surface area (Å²) in [5.74, 6) is -0.902. The summed E-state index contributed by atoms with van der Waals surface area (Å²) in [5.41, 5.74) is 2.25. The zero-order valence-corrected chi connectivity index (χ0v) is 21.9. The highest BCUT2D eigenvalue weighted by atomic mass is 32.2. The van der Waals surface area contributed by atoms with E-state index in [1.165, 1.54) is 21.3 Å². The number of carbonyl (C=O) groups excluding carboxylic acids is 2. The minimum Gasteiger partial charge on any atom is -0.352 e. The molecule has 2 aromatic carbocycles. The number of aryl methyl sites for hydroxylation is 1. The average molecular weight is 506 g/mol. The topological polar surface area (TPSA) is 86.8 Å². The number of halogens is 1. The number of hydrogen-bond donors (Lipinski definition) is 1. The number of carbonyl (C=O) groups is 2. The molecule has 7 nitrogen and oxygen atoms in total. The molecule has 0 saturated carbocycles. The van der Waals surface area contributed by atoms with Crippen LogP contribution >= 0.6 is 0 Å². The molecule has 0 aliphatic heterocycles. The van der Waals surface area contributed by atoms with Gasteiger partial charge >= 0.3 is 0 Å². The van der Waals surface area contributed by atoms with E-state index in [4.69, 9.17) is 0 Å². The van der Waals surface area contributed by atoms with Gasteiger partial charge in [-0.05, 0) is 63.4 Å². The summed E-state index contributed by atoms with van der Waals surface area (Å²) in [4.78, 5) is 27.7. The molecule has 0 unspecified atom stereocenters. The van der Waals surface area contributed by atoms with Crippen molar-refractivity contribution in [2.45, 2.75) is 65.6 Å². The third-order valence-corrected chi connectivity index (χ3v) is 6.75. The molecule has 1 N–H and O–H groups in total. The second kappa shape index (κ2) is 12.7. The van der Waals surface area contributed by atoms with Crippen LogP contribution in [0.4, 0.5) is 10.1 Å². The fourth-order valence-corrected chi connectivity index (χ4v) is 4.77. The summed E-state index contributed by atoms with van der Waals surface area (Å²) in [6, 6.07) is 12.2. The van der Waals surface area contributed by atoms with Gasteiger partial charge < -0.3 is 10.2 Å². The van der Waals surface area contributed by atoms with Crippen molar-refractivity contribution in [3.63, 3.8) is 0 Å². The van der Waals surface area contributed by atoms with E-state index < -0.39 is 16.1 Å². The number of nitrogens with one attached hydrogen (secondary N) is 1. The van der Waals surface area contributed by atoms with Crippen LogP contribution in [0.25, 0.3) is 0 Å². The van der Waals surface area contributed by atoms with Gasteiger partial charge in [-0.25, -0.2) is 12.8 Å². The lowest BCUT2D eigenvalue weighted by molar-refractivity contribution is -0.141. The van der Waals surface area contributed by atoms with Crippen molar-refractivity contribution < 1.29 is 22.4 Å². The summed E-state index contributed by atoms with van der Waals surface area (Å²) in [6.07, 6.45) is 1.88. The van der Waals surface area contributed by atoms with Crippen molar-refractivity contribution >= 4 is 27.5 Å². The number of sulfonamides is 1. The van der Waals surface area contributed by atoms with Crippen LogP contribution in [0.15, 0.2) is 48.5 Å². The maximum Gasteiger partial charge on any atom is 0.243 e. The van der Waals surface area contributed by atoms with E-state index in [1.54, 1.807) is 24.3 Å². The molecule has 35 heavy (non-hydrogen) atoms. The Morgan fingerprint density at radius 1 is 1.03 bits per heavy atom. The van der Waals surface area contributed by atoms with E-state index in [2.05, 4.69) is 5.32 Å². The molecule has 0 fully saturated rings. The zero-order chi connectivity index (χ0) is 26.2. The summed E-state index contributed by atoms with van der Waals surface area (Å²) in [5, 5.41) is 2.86. The van der Waals surface area contributed by atoms with Crippen LogP contribution in [0.1, 0.15) is 51.2 Å². The smallest absolute Gasteiger partial charge is 0.243 e. The van der Waals surface area contributed by atoms with Gasteiger partial charge in [0.05, 0.1) is 11.9 Å². The van der Waals surface area contributed by atoms with Gasteiger partial charge in [0.2, 0.25) is 21.8 Å². The summed E-state index contributed by atoms with van der Waals surface area (Å²) in [6.45, 7) is 7.73. The van der Waals surface area contributed by atoms with Gasteiger partial charge in [-0.3, -0.25) is 13.9 Å². The Labute approximate surface area is 208 Å². The summed E-state index contributed by atoms with van der Waals surface area (Å²) < 4.78 is 39.4. The highest BCUT2D eigenvalue weighted by Crippen LogP contribution is 2.20. The Morgan fingerprint density at radius 2 is 1.63 bits per heavy atom. The van der Waals surface area contributed by atoms with Crippen molar-refractivity contribution in [1.82, 2.24) is 10.2 Å². The number of nitrogens with zero attached hydrogens (tertiary/aromatic N) is 2. The van der Waals surface area contributed by atoms with E-state index in [-0.39, 0.29) is 49.6 Å². The van der Waals surface area contributed by atoms with E-state index >= 15 is 0 Å². The SMILES string of the molecule is CC[C@H](C(=O)NC(C)C)N(Cc1ccc(F)cc1)C(=O)CCCN(c1ccc(C)cc1)S(C)(=O)=O. The van der Waals surface area contributed by atoms with Crippen LogP contribution in [0, 0.1) is 12.7 Å². The molecule has 0 radical (unpaired) electrons. The Kier molecular flexibility index (Phi) is 10.2. The van der Waals surface area contributed by atoms with Gasteiger partial charge in [0.25, 0.3) is 0 Å². The molecule has 192 valence electrons. The second-order valence-corrected chi connectivity index (χ2v) is 10.9. The first-order valence-electron chi connectivity index (χ1n) is 11.8. The van der Waals surface area contributed by atoms with Crippen molar-refractivity contribution in [2.75, 3.05) is 17.1 Å². The van der Waals surface area contributed by atoms with Gasteiger partial charge in [0, 0.05) is 25.6 Å². The van der Waals surface area contributed by atoms with Gasteiger partial charge in [-0.1, -0.05) is 36.8 Å². The highest BCUT2D eigenvalue weighted by Gasteiger charge is 2.29. The average Bonchev–Trinajstić information content (AvgIpc) is 2.77. The lowest BCUT2D eigenvalue weighted by atomic mass is 10.1. The van der Waals surface area contributed by atoms with Crippen LogP contribution in [-0.2, 0) is 26.2 Å². The molecule has 0 spiro atoms. The molecule has 2 rings (SSSR count). The Hall–Kier alpha value is -2.94. The minimum atomic E-state index is -3.54. The normalized spacial score (nSPS) is 12.3. The van der Waals surface area contributed by atoms with Crippen molar-refractivity contribution in [1.29, 1.82) is 0 Å². The minimum absolute atomic E-state index is 0.0601. The zero-order valence-electron chi connectivity index (χ0n) is 21.1. The molecule has 0 aliphatic rings. The molecule has 2 amide bonds. The number of hydrogen-bond acceptors (Lipinski definition) is 4. The number of amides is 2. The Morgan fingerprint density at radius 3 is 2.14 bits per heavy atom. The van der Waals surface area contributed by atoms with E-state index in [9.17, 15) is 22.4 Å². The molecular weight excluding hydrogens is 469 g/mol. The molecule has 0 saturated heterocycles. The third-order valence-electron chi connectivity index (χ3n) is 5.56. The lowest BCUT2D eigenvalue weighted by Gasteiger charge is -2.31. The molecular formula is C26H36FN3O4S. The number of anilines is 1. The predicted octanol–water partition coefficient (Wildman–Crippen LogP) is 4.01. The van der Waals surface area contributed by atoms with Crippen LogP contribution in [0.2, 0.25) is 0 Å². The first kappa shape index (κ1) is 28.3. The largest absolute Gasteiger partial charge is 0.352 e. The molecule has 0 bridgehead atoms. The highest BCUT2D eigenvalue weighted by molar-refractivity contribution is 7.92. The van der Waals surface area contributed by atoms with Gasteiger partial charge in [0.15, 0.2) is 0 Å². The van der Waals surface area contributed by atoms with E-state index in [0.29, 0.717) is 17.7 Å². The van der Waals surface area contributed by atoms with Gasteiger partial charge in [0.1, 0.15) is 11.9 Å². The van der Waals surface area contributed by atoms with Crippen molar-refractivity contribution in [2.24, 2.45) is 0 Å². The Balaban J connectivity index is 2.20. The van der Waals surface area contributed by atoms with Crippen LogP contribution in [0.5, 0.6) is 0 Å². The quantitative estimate of drug-likeness (QED) is 0.472. The second-order valence-electron chi connectivity index (χ2n) is 9.01. The maximum atomic E-state index is 13.4. The first-order chi connectivity index (χ1) is 16.4. The Bertz CT molecular complexity index is 1090. The van der Waals surface area contributed by atoms with Crippen LogP contribution in [-0.4, -0.2) is 50.0 Å². The van der Waals surface area contributed by atoms with Gasteiger partial charge in [-0.2, -0.15) is 0 Å². The van der Waals surface area contributed by atoms with Gasteiger partial charge in [-0.15, -0.1) is 0 Å². The van der Waals surface area contributed by atoms with E-state index in [0.717, 1.165) is 11.8 Å². The summed E-state index contributed by atoms with van der Waals surface area (Å²) in [7, 11) is -3.54. The van der Waals surface area contributed by atoms with Crippen molar-refractivity contribution in [3.8, 4) is 0 Å². The standard InChI is InChI=1S/C26H36FN3O4S/c1-6-24(26(32)28-19(2)3)29(18-21-11-13-22(27)14-12-21)25(31)8-7-17-30(35(5,33)34)23-15-9-20(4)10-16-23/h9-16,19,24H,6-8,17-18H2,1-5H3,(H,28,32)/t24-/m1/s1. The molecule has 0 aliphatic carbocycles. The molecule has 2 aromatic rings. The van der Waals surface area contributed by atoms with Crippen LogP contribution < -0.4 is 9.62 Å². The summed E-state index contributed by atoms with van der Waals surface area (Å²) >= 11 is 0. The predicted molar refractivity (Wildman–Crippen MR) is 137 cm³/mol. The maximum absolute atomic E-state index is 13.4.